The van der Waals surface area contributed by atoms with E-state index >= 15 is 0 Å². The third kappa shape index (κ3) is 7.24. The van der Waals surface area contributed by atoms with Crippen LogP contribution in [0.4, 0.5) is 0 Å². The molecule has 3 heteroatoms. The molecule has 0 aliphatic rings. The van der Waals surface area contributed by atoms with Gasteiger partial charge in [0.05, 0.1) is 0 Å². The van der Waals surface area contributed by atoms with E-state index in [-0.39, 0.29) is 0 Å². The zero-order chi connectivity index (χ0) is 13.9. The minimum Gasteiger partial charge on any atom is -0.218 e. The molecule has 1 aromatic rings. The topological polar surface area (TPSA) is 38.7 Å². The van der Waals surface area contributed by atoms with Crippen molar-refractivity contribution < 1.29 is 0 Å². The molecule has 0 unspecified atom stereocenters. The van der Waals surface area contributed by atoms with Gasteiger partial charge in [-0.05, 0) is 19.8 Å². The van der Waals surface area contributed by atoms with Crippen LogP contribution >= 0.6 is 0 Å². The second-order valence-corrected chi connectivity index (χ2v) is 5.34. The van der Waals surface area contributed by atoms with Gasteiger partial charge in [-0.15, -0.1) is 0 Å². The van der Waals surface area contributed by atoms with E-state index in [4.69, 9.17) is 0 Å². The van der Waals surface area contributed by atoms with Crippen LogP contribution in [0.5, 0.6) is 0 Å². The first-order chi connectivity index (χ1) is 9.26. The molecule has 0 radical (unpaired) electrons. The van der Waals surface area contributed by atoms with E-state index in [9.17, 15) is 0 Å². The van der Waals surface area contributed by atoms with Crippen molar-refractivity contribution >= 4 is 0 Å². The van der Waals surface area contributed by atoms with Crippen molar-refractivity contribution in [2.24, 2.45) is 0 Å². The van der Waals surface area contributed by atoms with Crippen molar-refractivity contribution in [1.82, 2.24) is 15.0 Å². The summed E-state index contributed by atoms with van der Waals surface area (Å²) in [5.41, 5.74) is 0. The molecule has 1 rings (SSSR count). The molecule has 1 aromatic heterocycles. The Hall–Kier alpha value is -0.990. The SMILES string of the molecule is CCCCCCc1nc(C)nc(CCCCCC)n1. The first-order valence-electron chi connectivity index (χ1n) is 7.96. The van der Waals surface area contributed by atoms with Gasteiger partial charge in [0.15, 0.2) is 0 Å². The summed E-state index contributed by atoms with van der Waals surface area (Å²) >= 11 is 0. The summed E-state index contributed by atoms with van der Waals surface area (Å²) in [5, 5.41) is 0. The predicted octanol–water partition coefficient (Wildman–Crippen LogP) is 4.43. The summed E-state index contributed by atoms with van der Waals surface area (Å²) in [7, 11) is 0. The molecule has 0 fully saturated rings. The van der Waals surface area contributed by atoms with Crippen molar-refractivity contribution in [2.45, 2.75) is 85.0 Å². The van der Waals surface area contributed by atoms with Gasteiger partial charge in [-0.25, -0.2) is 15.0 Å². The average molecular weight is 263 g/mol. The van der Waals surface area contributed by atoms with Crippen molar-refractivity contribution in [1.29, 1.82) is 0 Å². The van der Waals surface area contributed by atoms with E-state index in [1.807, 2.05) is 6.92 Å². The molecule has 0 spiro atoms. The van der Waals surface area contributed by atoms with Crippen LogP contribution in [-0.2, 0) is 12.8 Å². The maximum atomic E-state index is 4.61. The first kappa shape index (κ1) is 16.1. The van der Waals surface area contributed by atoms with Gasteiger partial charge in [-0.2, -0.15) is 0 Å². The summed E-state index contributed by atoms with van der Waals surface area (Å²) in [5.74, 6) is 2.87. The second kappa shape index (κ2) is 9.88. The van der Waals surface area contributed by atoms with Gasteiger partial charge in [-0.3, -0.25) is 0 Å². The van der Waals surface area contributed by atoms with Crippen LogP contribution < -0.4 is 0 Å². The smallest absolute Gasteiger partial charge is 0.132 e. The Bertz CT molecular complexity index is 320. The van der Waals surface area contributed by atoms with Crippen LogP contribution in [0, 0.1) is 6.92 Å². The second-order valence-electron chi connectivity index (χ2n) is 5.34. The lowest BCUT2D eigenvalue weighted by atomic mass is 10.1. The van der Waals surface area contributed by atoms with E-state index < -0.39 is 0 Å². The van der Waals surface area contributed by atoms with E-state index in [0.29, 0.717) is 0 Å². The monoisotopic (exact) mass is 263 g/mol. The number of aryl methyl sites for hydroxylation is 3. The number of hydrogen-bond donors (Lipinski definition) is 0. The maximum Gasteiger partial charge on any atom is 0.132 e. The highest BCUT2D eigenvalue weighted by atomic mass is 15.0. The Morgan fingerprint density at radius 3 is 1.53 bits per heavy atom. The van der Waals surface area contributed by atoms with Gasteiger partial charge >= 0.3 is 0 Å². The van der Waals surface area contributed by atoms with Gasteiger partial charge in [0, 0.05) is 12.8 Å². The van der Waals surface area contributed by atoms with Crippen LogP contribution in [0.2, 0.25) is 0 Å². The third-order valence-electron chi connectivity index (χ3n) is 3.35. The molecule has 0 aliphatic heterocycles. The quantitative estimate of drug-likeness (QED) is 0.586. The van der Waals surface area contributed by atoms with Crippen LogP contribution in [-0.4, -0.2) is 15.0 Å². The predicted molar refractivity (Wildman–Crippen MR) is 80.3 cm³/mol. The third-order valence-corrected chi connectivity index (χ3v) is 3.35. The molecule has 19 heavy (non-hydrogen) atoms. The number of nitrogens with zero attached hydrogens (tertiary/aromatic N) is 3. The lowest BCUT2D eigenvalue weighted by molar-refractivity contribution is 0.625. The lowest BCUT2D eigenvalue weighted by Gasteiger charge is -2.05. The molecule has 0 N–H and O–H groups in total. The fraction of sp³-hybridized carbons (Fsp3) is 0.812. The van der Waals surface area contributed by atoms with Crippen LogP contribution in [0.3, 0.4) is 0 Å². The molecule has 1 heterocycles. The van der Waals surface area contributed by atoms with Crippen LogP contribution in [0.1, 0.15) is 82.7 Å². The molecule has 0 aliphatic carbocycles. The van der Waals surface area contributed by atoms with E-state index in [2.05, 4.69) is 28.8 Å². The number of aromatic nitrogens is 3. The molecule has 0 aromatic carbocycles. The summed E-state index contributed by atoms with van der Waals surface area (Å²) in [6.45, 7) is 6.45. The van der Waals surface area contributed by atoms with Gasteiger partial charge in [0.25, 0.3) is 0 Å². The largest absolute Gasteiger partial charge is 0.218 e. The van der Waals surface area contributed by atoms with Gasteiger partial charge in [-0.1, -0.05) is 52.4 Å². The molecular formula is C16H29N3. The maximum absolute atomic E-state index is 4.61. The average Bonchev–Trinajstić information content (AvgIpc) is 2.39. The van der Waals surface area contributed by atoms with Gasteiger partial charge < -0.3 is 0 Å². The first-order valence-corrected chi connectivity index (χ1v) is 7.96. The fourth-order valence-electron chi connectivity index (χ4n) is 2.24. The summed E-state index contributed by atoms with van der Waals surface area (Å²) in [6.07, 6.45) is 12.2. The van der Waals surface area contributed by atoms with Crippen LogP contribution in [0.15, 0.2) is 0 Å². The number of hydrogen-bond acceptors (Lipinski definition) is 3. The Morgan fingerprint density at radius 2 is 1.11 bits per heavy atom. The Morgan fingerprint density at radius 1 is 0.632 bits per heavy atom. The minimum atomic E-state index is 0.881. The lowest BCUT2D eigenvalue weighted by Crippen LogP contribution is -2.06. The molecular weight excluding hydrogens is 234 g/mol. The van der Waals surface area contributed by atoms with E-state index in [1.54, 1.807) is 0 Å². The number of unbranched alkanes of at least 4 members (excludes halogenated alkanes) is 6. The van der Waals surface area contributed by atoms with Crippen LogP contribution in [0.25, 0.3) is 0 Å². The Kier molecular flexibility index (Phi) is 8.35. The Labute approximate surface area is 118 Å². The molecule has 0 bridgehead atoms. The number of rotatable bonds is 10. The zero-order valence-corrected chi connectivity index (χ0v) is 12.9. The van der Waals surface area contributed by atoms with Gasteiger partial charge in [0.1, 0.15) is 17.5 Å². The summed E-state index contributed by atoms with van der Waals surface area (Å²) in [4.78, 5) is 13.5. The van der Waals surface area contributed by atoms with Crippen molar-refractivity contribution in [3.8, 4) is 0 Å². The fourth-order valence-corrected chi connectivity index (χ4v) is 2.24. The van der Waals surface area contributed by atoms with E-state index in [1.165, 1.54) is 51.4 Å². The summed E-state index contributed by atoms with van der Waals surface area (Å²) in [6, 6.07) is 0. The highest BCUT2D eigenvalue weighted by molar-refractivity contribution is 4.96. The summed E-state index contributed by atoms with van der Waals surface area (Å²) < 4.78 is 0. The molecule has 0 saturated heterocycles. The molecule has 108 valence electrons. The van der Waals surface area contributed by atoms with E-state index in [0.717, 1.165) is 30.3 Å². The molecule has 0 saturated carbocycles. The van der Waals surface area contributed by atoms with Crippen molar-refractivity contribution in [3.05, 3.63) is 17.5 Å². The van der Waals surface area contributed by atoms with Crippen molar-refractivity contribution in [3.63, 3.8) is 0 Å². The Balaban J connectivity index is 2.41. The van der Waals surface area contributed by atoms with Gasteiger partial charge in [0.2, 0.25) is 0 Å². The highest BCUT2D eigenvalue weighted by Crippen LogP contribution is 2.07. The standard InChI is InChI=1S/C16H29N3/c1-4-6-8-10-12-15-17-14(3)18-16(19-15)13-11-9-7-5-2/h4-13H2,1-3H3. The highest BCUT2D eigenvalue weighted by Gasteiger charge is 2.04. The molecule has 0 amide bonds. The minimum absolute atomic E-state index is 0.881. The zero-order valence-electron chi connectivity index (χ0n) is 12.9. The molecule has 3 nitrogen and oxygen atoms in total. The molecule has 0 atom stereocenters. The normalized spacial score (nSPS) is 10.9. The van der Waals surface area contributed by atoms with Crippen molar-refractivity contribution in [2.75, 3.05) is 0 Å².